The first-order chi connectivity index (χ1) is 10.8. The van der Waals surface area contributed by atoms with E-state index in [9.17, 15) is 0 Å². The van der Waals surface area contributed by atoms with Gasteiger partial charge < -0.3 is 14.9 Å². The SMILES string of the molecule is Cc1cc2c(-c3ccccc3)cccc2[cH-]1.[CH3-].[CH3-].[Si].[Ti+4].[c-]1ccccc1. The van der Waals surface area contributed by atoms with Crippen molar-refractivity contribution in [2.45, 2.75) is 6.92 Å². The van der Waals surface area contributed by atoms with Gasteiger partial charge in [0.2, 0.25) is 0 Å². The van der Waals surface area contributed by atoms with Crippen molar-refractivity contribution in [3.8, 4) is 11.1 Å². The molecule has 0 aromatic heterocycles. The molecule has 0 saturated carbocycles. The fourth-order valence-electron chi connectivity index (χ4n) is 2.60. The van der Waals surface area contributed by atoms with E-state index in [4.69, 9.17) is 0 Å². The number of benzene rings is 3. The molecule has 0 N–H and O–H groups in total. The van der Waals surface area contributed by atoms with Gasteiger partial charge in [-0.2, -0.15) is 42.5 Å². The Morgan fingerprint density at radius 2 is 1.38 bits per heavy atom. The Morgan fingerprint density at radius 1 is 0.769 bits per heavy atom. The molecule has 0 bridgehead atoms. The molecular formula is C24H24SiTi. The molecule has 4 aromatic carbocycles. The first-order valence-electron chi connectivity index (χ1n) is 7.47. The van der Waals surface area contributed by atoms with Crippen molar-refractivity contribution in [1.82, 2.24) is 0 Å². The van der Waals surface area contributed by atoms with Gasteiger partial charge in [-0.15, -0.1) is 34.5 Å². The maximum absolute atomic E-state index is 2.89. The van der Waals surface area contributed by atoms with Crippen LogP contribution in [0, 0.1) is 27.8 Å². The standard InChI is InChI=1S/C16H13.C6H5.2CH3.Si.Ti/c1-12-10-14-8-5-9-15(16(14)11-12)13-6-3-2-4-7-13;1-2-4-6-5-3-1;;;;/h2-11H,1H3;1-5H;2*1H3;;/q4*-1;;+4. The Morgan fingerprint density at radius 3 is 1.92 bits per heavy atom. The molecule has 0 spiro atoms. The van der Waals surface area contributed by atoms with Gasteiger partial charge in [-0.1, -0.05) is 48.9 Å². The van der Waals surface area contributed by atoms with Crippen molar-refractivity contribution in [2.75, 3.05) is 0 Å². The minimum atomic E-state index is 0. The maximum atomic E-state index is 2.89. The van der Waals surface area contributed by atoms with Crippen molar-refractivity contribution in [3.63, 3.8) is 0 Å². The van der Waals surface area contributed by atoms with Crippen LogP contribution in [-0.2, 0) is 21.7 Å². The van der Waals surface area contributed by atoms with Crippen LogP contribution in [0.15, 0.2) is 91.0 Å². The van der Waals surface area contributed by atoms with Gasteiger partial charge in [0.1, 0.15) is 0 Å². The molecule has 4 aromatic rings. The van der Waals surface area contributed by atoms with E-state index in [0.717, 1.165) is 0 Å². The summed E-state index contributed by atoms with van der Waals surface area (Å²) in [5.41, 5.74) is 3.95. The Labute approximate surface area is 178 Å². The molecule has 0 unspecified atom stereocenters. The molecule has 4 radical (unpaired) electrons. The van der Waals surface area contributed by atoms with E-state index in [2.05, 4.69) is 73.7 Å². The van der Waals surface area contributed by atoms with Crippen LogP contribution in [0.4, 0.5) is 0 Å². The zero-order chi connectivity index (χ0) is 15.2. The third-order valence-electron chi connectivity index (χ3n) is 3.59. The normalized spacial score (nSPS) is 8.50. The van der Waals surface area contributed by atoms with Gasteiger partial charge in [0.15, 0.2) is 0 Å². The molecule has 0 aliphatic heterocycles. The molecule has 0 aliphatic carbocycles. The van der Waals surface area contributed by atoms with Crippen molar-refractivity contribution in [2.24, 2.45) is 0 Å². The van der Waals surface area contributed by atoms with E-state index in [1.165, 1.54) is 27.5 Å². The molecule has 0 amide bonds. The predicted octanol–water partition coefficient (Wildman–Crippen LogP) is 6.54. The van der Waals surface area contributed by atoms with E-state index in [1.54, 1.807) is 0 Å². The fourth-order valence-corrected chi connectivity index (χ4v) is 2.60. The summed E-state index contributed by atoms with van der Waals surface area (Å²) in [6.45, 7) is 2.15. The second-order valence-corrected chi connectivity index (χ2v) is 5.28. The molecule has 0 nitrogen and oxygen atoms in total. The van der Waals surface area contributed by atoms with E-state index < -0.39 is 0 Å². The Kier molecular flexibility index (Phi) is 13.6. The van der Waals surface area contributed by atoms with Gasteiger partial charge >= 0.3 is 21.7 Å². The number of hydrogen-bond donors (Lipinski definition) is 0. The molecule has 0 heterocycles. The van der Waals surface area contributed by atoms with Crippen LogP contribution in [0.2, 0.25) is 0 Å². The van der Waals surface area contributed by atoms with Gasteiger partial charge in [-0.3, -0.25) is 0 Å². The average Bonchev–Trinajstić information content (AvgIpc) is 2.98. The van der Waals surface area contributed by atoms with Crippen LogP contribution < -0.4 is 0 Å². The van der Waals surface area contributed by atoms with Crippen LogP contribution in [0.1, 0.15) is 5.56 Å². The van der Waals surface area contributed by atoms with Crippen molar-refractivity contribution >= 4 is 21.7 Å². The predicted molar refractivity (Wildman–Crippen MR) is 114 cm³/mol. The smallest absolute Gasteiger partial charge is 0.358 e. The molecule has 0 fully saturated rings. The summed E-state index contributed by atoms with van der Waals surface area (Å²) < 4.78 is 0. The summed E-state index contributed by atoms with van der Waals surface area (Å²) in [7, 11) is 0. The summed E-state index contributed by atoms with van der Waals surface area (Å²) in [4.78, 5) is 0. The van der Waals surface area contributed by atoms with Crippen molar-refractivity contribution < 1.29 is 21.7 Å². The minimum absolute atomic E-state index is 0. The Bertz CT molecular complexity index is 809. The second kappa shape index (κ2) is 13.4. The van der Waals surface area contributed by atoms with Gasteiger partial charge in [0.05, 0.1) is 0 Å². The molecule has 26 heavy (non-hydrogen) atoms. The van der Waals surface area contributed by atoms with Crippen molar-refractivity contribution in [1.29, 1.82) is 0 Å². The maximum Gasteiger partial charge on any atom is 4.00 e. The fraction of sp³-hybridized carbons (Fsp3) is 0.0417. The number of hydrogen-bond acceptors (Lipinski definition) is 0. The molecular weight excluding hydrogens is 364 g/mol. The third-order valence-corrected chi connectivity index (χ3v) is 3.59. The van der Waals surface area contributed by atoms with Gasteiger partial charge in [-0.25, -0.2) is 0 Å². The van der Waals surface area contributed by atoms with Gasteiger partial charge in [0.25, 0.3) is 0 Å². The first-order valence-corrected chi connectivity index (χ1v) is 7.47. The summed E-state index contributed by atoms with van der Waals surface area (Å²) >= 11 is 0. The molecule has 0 saturated heterocycles. The molecule has 0 aliphatic rings. The monoisotopic (exact) mass is 388 g/mol. The zero-order valence-corrected chi connectivity index (χ0v) is 18.2. The van der Waals surface area contributed by atoms with E-state index >= 15 is 0 Å². The molecule has 4 rings (SSSR count). The molecule has 2 heteroatoms. The average molecular weight is 388 g/mol. The van der Waals surface area contributed by atoms with Crippen LogP contribution in [-0.4, -0.2) is 11.0 Å². The Balaban J connectivity index is 0. The number of rotatable bonds is 1. The summed E-state index contributed by atoms with van der Waals surface area (Å²) in [6, 6.07) is 34.1. The number of fused-ring (bicyclic) bond motifs is 1. The van der Waals surface area contributed by atoms with E-state index in [-0.39, 0.29) is 47.5 Å². The quantitative estimate of drug-likeness (QED) is 0.257. The summed E-state index contributed by atoms with van der Waals surface area (Å²) in [5, 5.41) is 2.69. The zero-order valence-electron chi connectivity index (χ0n) is 15.7. The molecule has 0 atom stereocenters. The van der Waals surface area contributed by atoms with Gasteiger partial charge in [-0.05, 0) is 5.56 Å². The Hall–Kier alpha value is -1.80. The third kappa shape index (κ3) is 6.84. The summed E-state index contributed by atoms with van der Waals surface area (Å²) in [5.74, 6) is 0. The topological polar surface area (TPSA) is 0 Å². The van der Waals surface area contributed by atoms with Crippen LogP contribution in [0.3, 0.4) is 0 Å². The second-order valence-electron chi connectivity index (χ2n) is 5.28. The van der Waals surface area contributed by atoms with E-state index in [0.29, 0.717) is 0 Å². The van der Waals surface area contributed by atoms with Crippen LogP contribution in [0.5, 0.6) is 0 Å². The minimum Gasteiger partial charge on any atom is -0.358 e. The van der Waals surface area contributed by atoms with E-state index in [1.807, 2.05) is 30.3 Å². The van der Waals surface area contributed by atoms with Gasteiger partial charge in [0, 0.05) is 11.0 Å². The molecule has 128 valence electrons. The van der Waals surface area contributed by atoms with Crippen LogP contribution in [0.25, 0.3) is 21.9 Å². The van der Waals surface area contributed by atoms with Crippen LogP contribution >= 0.6 is 0 Å². The van der Waals surface area contributed by atoms with Crippen molar-refractivity contribution in [3.05, 3.63) is 117 Å². The summed E-state index contributed by atoms with van der Waals surface area (Å²) in [6.07, 6.45) is 0. The first kappa shape index (κ1) is 26.4. The largest absolute Gasteiger partial charge is 4.00 e. The number of aryl methyl sites for hydroxylation is 1.